The largest absolute Gasteiger partial charge is 0.310 e. The van der Waals surface area contributed by atoms with Crippen molar-refractivity contribution in [1.82, 2.24) is 15.3 Å². The predicted octanol–water partition coefficient (Wildman–Crippen LogP) is 2.25. The minimum absolute atomic E-state index is 0.728. The Morgan fingerprint density at radius 3 is 2.31 bits per heavy atom. The lowest BCUT2D eigenvalue weighted by molar-refractivity contribution is 0.690. The molecule has 0 aliphatic rings. The standard InChI is InChI=1S/C13H15N3/c1-2-14-10-13-15-8-12(9-16-13)11-6-4-3-5-7-11/h3-9,14H,2,10H2,1H3. The molecule has 3 nitrogen and oxygen atoms in total. The van der Waals surface area contributed by atoms with Gasteiger partial charge in [-0.25, -0.2) is 9.97 Å². The second-order valence-corrected chi connectivity index (χ2v) is 3.53. The lowest BCUT2D eigenvalue weighted by Gasteiger charge is -2.03. The highest BCUT2D eigenvalue weighted by Gasteiger charge is 1.99. The van der Waals surface area contributed by atoms with E-state index in [0.717, 1.165) is 30.0 Å². The van der Waals surface area contributed by atoms with E-state index < -0.39 is 0 Å². The van der Waals surface area contributed by atoms with Crippen LogP contribution in [0.25, 0.3) is 11.1 Å². The quantitative estimate of drug-likeness (QED) is 0.846. The Bertz CT molecular complexity index is 423. The van der Waals surface area contributed by atoms with Crippen molar-refractivity contribution in [3.63, 3.8) is 0 Å². The van der Waals surface area contributed by atoms with Gasteiger partial charge in [-0.2, -0.15) is 0 Å². The third kappa shape index (κ3) is 2.64. The molecule has 3 heteroatoms. The first kappa shape index (κ1) is 10.8. The van der Waals surface area contributed by atoms with Crippen molar-refractivity contribution in [2.24, 2.45) is 0 Å². The van der Waals surface area contributed by atoms with Gasteiger partial charge in [0.1, 0.15) is 5.82 Å². The van der Waals surface area contributed by atoms with Crippen LogP contribution in [0, 0.1) is 0 Å². The first-order valence-electron chi connectivity index (χ1n) is 5.47. The number of nitrogens with one attached hydrogen (secondary N) is 1. The van der Waals surface area contributed by atoms with E-state index in [9.17, 15) is 0 Å². The summed E-state index contributed by atoms with van der Waals surface area (Å²) < 4.78 is 0. The molecule has 1 aromatic heterocycles. The molecule has 0 saturated carbocycles. The molecule has 0 unspecified atom stereocenters. The van der Waals surface area contributed by atoms with Gasteiger partial charge in [0.25, 0.3) is 0 Å². The molecule has 0 spiro atoms. The van der Waals surface area contributed by atoms with E-state index in [-0.39, 0.29) is 0 Å². The van der Waals surface area contributed by atoms with Gasteiger partial charge in [0.15, 0.2) is 0 Å². The van der Waals surface area contributed by atoms with Crippen molar-refractivity contribution < 1.29 is 0 Å². The molecule has 82 valence electrons. The normalized spacial score (nSPS) is 10.3. The van der Waals surface area contributed by atoms with E-state index in [2.05, 4.69) is 34.3 Å². The summed E-state index contributed by atoms with van der Waals surface area (Å²) in [5.41, 5.74) is 2.21. The molecule has 0 aliphatic heterocycles. The molecule has 0 bridgehead atoms. The van der Waals surface area contributed by atoms with Crippen LogP contribution in [0.4, 0.5) is 0 Å². The van der Waals surface area contributed by atoms with E-state index >= 15 is 0 Å². The van der Waals surface area contributed by atoms with Crippen LogP contribution < -0.4 is 5.32 Å². The number of hydrogen-bond donors (Lipinski definition) is 1. The zero-order valence-electron chi connectivity index (χ0n) is 9.35. The molecule has 0 atom stereocenters. The van der Waals surface area contributed by atoms with Gasteiger partial charge >= 0.3 is 0 Å². The maximum Gasteiger partial charge on any atom is 0.141 e. The van der Waals surface area contributed by atoms with Gasteiger partial charge in [0, 0.05) is 18.0 Å². The van der Waals surface area contributed by atoms with Crippen LogP contribution in [0.15, 0.2) is 42.7 Å². The van der Waals surface area contributed by atoms with Gasteiger partial charge in [-0.3, -0.25) is 0 Å². The third-order valence-electron chi connectivity index (χ3n) is 2.35. The summed E-state index contributed by atoms with van der Waals surface area (Å²) in [5, 5.41) is 3.20. The van der Waals surface area contributed by atoms with Crippen molar-refractivity contribution in [2.75, 3.05) is 6.54 Å². The molecule has 0 aliphatic carbocycles. The fraction of sp³-hybridized carbons (Fsp3) is 0.231. The average Bonchev–Trinajstić information content (AvgIpc) is 2.38. The molecule has 0 amide bonds. The number of rotatable bonds is 4. The van der Waals surface area contributed by atoms with Gasteiger partial charge in [0.05, 0.1) is 6.54 Å². The van der Waals surface area contributed by atoms with Crippen LogP contribution in [-0.2, 0) is 6.54 Å². The minimum Gasteiger partial charge on any atom is -0.310 e. The summed E-state index contributed by atoms with van der Waals surface area (Å²) in [4.78, 5) is 8.64. The molecule has 0 saturated heterocycles. The molecule has 1 heterocycles. The maximum atomic E-state index is 4.32. The lowest BCUT2D eigenvalue weighted by atomic mass is 10.1. The van der Waals surface area contributed by atoms with Crippen LogP contribution in [0.5, 0.6) is 0 Å². The molecule has 2 aromatic rings. The van der Waals surface area contributed by atoms with Gasteiger partial charge in [-0.15, -0.1) is 0 Å². The monoisotopic (exact) mass is 213 g/mol. The van der Waals surface area contributed by atoms with Crippen LogP contribution in [-0.4, -0.2) is 16.5 Å². The summed E-state index contributed by atoms with van der Waals surface area (Å²) >= 11 is 0. The number of benzene rings is 1. The highest BCUT2D eigenvalue weighted by molar-refractivity contribution is 5.60. The first-order valence-corrected chi connectivity index (χ1v) is 5.47. The predicted molar refractivity (Wildman–Crippen MR) is 64.8 cm³/mol. The van der Waals surface area contributed by atoms with Crippen molar-refractivity contribution >= 4 is 0 Å². The summed E-state index contributed by atoms with van der Waals surface area (Å²) in [5.74, 6) is 0.835. The molecular weight excluding hydrogens is 198 g/mol. The molecular formula is C13H15N3. The highest BCUT2D eigenvalue weighted by atomic mass is 14.9. The Hall–Kier alpha value is -1.74. The van der Waals surface area contributed by atoms with Crippen molar-refractivity contribution in [3.8, 4) is 11.1 Å². The van der Waals surface area contributed by atoms with Crippen molar-refractivity contribution in [3.05, 3.63) is 48.5 Å². The summed E-state index contributed by atoms with van der Waals surface area (Å²) in [6.45, 7) is 3.73. The summed E-state index contributed by atoms with van der Waals surface area (Å²) in [7, 11) is 0. The smallest absolute Gasteiger partial charge is 0.141 e. The second kappa shape index (κ2) is 5.37. The highest BCUT2D eigenvalue weighted by Crippen LogP contribution is 2.16. The SMILES string of the molecule is CCNCc1ncc(-c2ccccc2)cn1. The fourth-order valence-electron chi connectivity index (χ4n) is 1.46. The zero-order valence-corrected chi connectivity index (χ0v) is 9.35. The Labute approximate surface area is 95.6 Å². The Morgan fingerprint density at radius 1 is 1.00 bits per heavy atom. The average molecular weight is 213 g/mol. The molecule has 1 N–H and O–H groups in total. The Morgan fingerprint density at radius 2 is 1.69 bits per heavy atom. The summed E-state index contributed by atoms with van der Waals surface area (Å²) in [6.07, 6.45) is 3.74. The third-order valence-corrected chi connectivity index (χ3v) is 2.35. The van der Waals surface area contributed by atoms with Crippen LogP contribution in [0.2, 0.25) is 0 Å². The molecule has 1 aromatic carbocycles. The van der Waals surface area contributed by atoms with Crippen molar-refractivity contribution in [1.29, 1.82) is 0 Å². The number of hydrogen-bond acceptors (Lipinski definition) is 3. The molecule has 0 radical (unpaired) electrons. The van der Waals surface area contributed by atoms with Gasteiger partial charge in [-0.1, -0.05) is 37.3 Å². The van der Waals surface area contributed by atoms with Crippen LogP contribution in [0.1, 0.15) is 12.7 Å². The van der Waals surface area contributed by atoms with Crippen LogP contribution in [0.3, 0.4) is 0 Å². The Kier molecular flexibility index (Phi) is 3.62. The number of nitrogens with zero attached hydrogens (tertiary/aromatic N) is 2. The van der Waals surface area contributed by atoms with Crippen molar-refractivity contribution in [2.45, 2.75) is 13.5 Å². The van der Waals surface area contributed by atoms with E-state index in [1.54, 1.807) is 0 Å². The van der Waals surface area contributed by atoms with E-state index in [1.807, 2.05) is 30.6 Å². The maximum absolute atomic E-state index is 4.32. The zero-order chi connectivity index (χ0) is 11.2. The van der Waals surface area contributed by atoms with E-state index in [1.165, 1.54) is 0 Å². The Balaban J connectivity index is 2.13. The molecule has 16 heavy (non-hydrogen) atoms. The fourth-order valence-corrected chi connectivity index (χ4v) is 1.46. The van der Waals surface area contributed by atoms with Crippen LogP contribution >= 0.6 is 0 Å². The second-order valence-electron chi connectivity index (χ2n) is 3.53. The van der Waals surface area contributed by atoms with E-state index in [4.69, 9.17) is 0 Å². The molecule has 0 fully saturated rings. The van der Waals surface area contributed by atoms with Gasteiger partial charge < -0.3 is 5.32 Å². The lowest BCUT2D eigenvalue weighted by Crippen LogP contribution is -2.14. The first-order chi connectivity index (χ1) is 7.90. The molecule has 2 rings (SSSR count). The minimum atomic E-state index is 0.728. The number of aromatic nitrogens is 2. The summed E-state index contributed by atoms with van der Waals surface area (Å²) in [6, 6.07) is 10.2. The van der Waals surface area contributed by atoms with Gasteiger partial charge in [0.2, 0.25) is 0 Å². The van der Waals surface area contributed by atoms with E-state index in [0.29, 0.717) is 0 Å². The van der Waals surface area contributed by atoms with Gasteiger partial charge in [-0.05, 0) is 12.1 Å². The topological polar surface area (TPSA) is 37.8 Å².